The molecule has 3 aromatic heterocycles. The molecular weight excluding hydrogens is 492 g/mol. The number of nitrogens with one attached hydrogen (secondary N) is 2. The lowest BCUT2D eigenvalue weighted by molar-refractivity contribution is 0.101. The van der Waals surface area contributed by atoms with E-state index in [9.17, 15) is 14.4 Å². The third-order valence-corrected chi connectivity index (χ3v) is 7.38. The van der Waals surface area contributed by atoms with E-state index in [4.69, 9.17) is 0 Å². The van der Waals surface area contributed by atoms with Crippen LogP contribution in [0.2, 0.25) is 0 Å². The van der Waals surface area contributed by atoms with Crippen LogP contribution in [0.4, 0.5) is 17.2 Å². The van der Waals surface area contributed by atoms with Gasteiger partial charge in [-0.05, 0) is 67.8 Å². The van der Waals surface area contributed by atoms with Crippen molar-refractivity contribution in [2.24, 2.45) is 5.92 Å². The topological polar surface area (TPSA) is 109 Å². The van der Waals surface area contributed by atoms with E-state index in [1.165, 1.54) is 6.20 Å². The molecule has 2 amide bonds. The van der Waals surface area contributed by atoms with E-state index >= 15 is 0 Å². The van der Waals surface area contributed by atoms with Crippen molar-refractivity contribution >= 4 is 29.0 Å². The lowest BCUT2D eigenvalue weighted by Crippen LogP contribution is -2.47. The van der Waals surface area contributed by atoms with Crippen LogP contribution in [0.15, 0.2) is 83.9 Å². The number of hydrogen-bond donors (Lipinski definition) is 2. The second-order valence-electron chi connectivity index (χ2n) is 10.1. The molecule has 5 heterocycles. The largest absolute Gasteiger partial charge is 0.369 e. The van der Waals surface area contributed by atoms with Crippen LogP contribution in [0, 0.1) is 12.8 Å². The van der Waals surface area contributed by atoms with Gasteiger partial charge < -0.3 is 20.1 Å². The van der Waals surface area contributed by atoms with Gasteiger partial charge in [-0.2, -0.15) is 0 Å². The number of piperidine rings is 1. The van der Waals surface area contributed by atoms with E-state index < -0.39 is 0 Å². The maximum Gasteiger partial charge on any atom is 0.257 e. The van der Waals surface area contributed by atoms with Crippen LogP contribution < -0.4 is 21.1 Å². The van der Waals surface area contributed by atoms with Crippen molar-refractivity contribution in [3.63, 3.8) is 0 Å². The Bertz CT molecular complexity index is 1620. The zero-order chi connectivity index (χ0) is 26.9. The quantitative estimate of drug-likeness (QED) is 0.411. The molecular formula is C30H28N6O3. The highest BCUT2D eigenvalue weighted by Gasteiger charge is 2.35. The summed E-state index contributed by atoms with van der Waals surface area (Å²) in [5.74, 6) is 0.330. The molecule has 1 saturated heterocycles. The number of pyridine rings is 3. The second-order valence-corrected chi connectivity index (χ2v) is 10.1. The highest BCUT2D eigenvalue weighted by Crippen LogP contribution is 2.39. The number of aromatic nitrogens is 3. The molecule has 4 aromatic rings. The van der Waals surface area contributed by atoms with Crippen molar-refractivity contribution in [3.8, 4) is 0 Å². The predicted molar refractivity (Wildman–Crippen MR) is 149 cm³/mol. The SMILES string of the molecule is Cc1cccc(NC(=O)c2ccc(N3CC4CC(C3)c3cccc(=O)n3C4)c(NC(=O)c3cccnc3)c2)n1. The van der Waals surface area contributed by atoms with Crippen LogP contribution in [0.1, 0.15) is 44.4 Å². The third-order valence-electron chi connectivity index (χ3n) is 7.38. The molecule has 2 aliphatic heterocycles. The summed E-state index contributed by atoms with van der Waals surface area (Å²) in [5.41, 5.74) is 4.08. The van der Waals surface area contributed by atoms with E-state index in [2.05, 4.69) is 25.5 Å². The normalized spacial score (nSPS) is 17.7. The maximum atomic E-state index is 13.1. The molecule has 1 fully saturated rings. The van der Waals surface area contributed by atoms with Gasteiger partial charge >= 0.3 is 0 Å². The molecule has 39 heavy (non-hydrogen) atoms. The van der Waals surface area contributed by atoms with Gasteiger partial charge in [-0.25, -0.2) is 4.98 Å². The van der Waals surface area contributed by atoms with Gasteiger partial charge in [-0.15, -0.1) is 0 Å². The highest BCUT2D eigenvalue weighted by molar-refractivity contribution is 6.08. The Kier molecular flexibility index (Phi) is 6.40. The molecule has 9 nitrogen and oxygen atoms in total. The Morgan fingerprint density at radius 2 is 1.74 bits per heavy atom. The summed E-state index contributed by atoms with van der Waals surface area (Å²) in [6.07, 6.45) is 4.14. The second kappa shape index (κ2) is 10.2. The van der Waals surface area contributed by atoms with E-state index in [1.54, 1.807) is 42.6 Å². The molecule has 0 radical (unpaired) electrons. The highest BCUT2D eigenvalue weighted by atomic mass is 16.2. The fourth-order valence-corrected chi connectivity index (χ4v) is 5.64. The number of anilines is 3. The van der Waals surface area contributed by atoms with Gasteiger partial charge in [0.1, 0.15) is 5.82 Å². The molecule has 9 heteroatoms. The van der Waals surface area contributed by atoms with E-state index in [1.807, 2.05) is 41.8 Å². The monoisotopic (exact) mass is 520 g/mol. The Labute approximate surface area is 225 Å². The van der Waals surface area contributed by atoms with Gasteiger partial charge in [0.15, 0.2) is 0 Å². The van der Waals surface area contributed by atoms with Crippen LogP contribution in [0.5, 0.6) is 0 Å². The number of carbonyl (C=O) groups excluding carboxylic acids is 2. The third kappa shape index (κ3) is 5.03. The first-order valence-corrected chi connectivity index (χ1v) is 13.0. The standard InChI is InChI=1S/C30H28N6O3/c1-19-5-2-8-27(32-19)34-29(38)21-10-11-26(24(14-21)33-30(39)22-6-4-12-31-15-22)35-16-20-13-23(18-35)25-7-3-9-28(37)36(25)17-20/h2-12,14-15,20,23H,13,16-18H2,1H3,(H,33,39)(H,32,34,38). The molecule has 2 unspecified atom stereocenters. The smallest absolute Gasteiger partial charge is 0.257 e. The fourth-order valence-electron chi connectivity index (χ4n) is 5.64. The lowest BCUT2D eigenvalue weighted by atomic mass is 9.83. The Morgan fingerprint density at radius 3 is 2.56 bits per heavy atom. The number of aryl methyl sites for hydroxylation is 1. The van der Waals surface area contributed by atoms with Crippen LogP contribution in [0.3, 0.4) is 0 Å². The molecule has 2 atom stereocenters. The predicted octanol–water partition coefficient (Wildman–Crippen LogP) is 4.08. The van der Waals surface area contributed by atoms with Gasteiger partial charge in [-0.3, -0.25) is 19.4 Å². The van der Waals surface area contributed by atoms with Crippen molar-refractivity contribution < 1.29 is 9.59 Å². The first-order valence-electron chi connectivity index (χ1n) is 13.0. The molecule has 1 aromatic carbocycles. The number of rotatable bonds is 5. The number of carbonyl (C=O) groups is 2. The molecule has 0 saturated carbocycles. The molecule has 2 bridgehead atoms. The van der Waals surface area contributed by atoms with E-state index in [0.29, 0.717) is 41.6 Å². The number of hydrogen-bond acceptors (Lipinski definition) is 6. The molecule has 2 aliphatic rings. The van der Waals surface area contributed by atoms with Gasteiger partial charge in [0.25, 0.3) is 17.4 Å². The molecule has 0 aliphatic carbocycles. The number of nitrogens with zero attached hydrogens (tertiary/aromatic N) is 4. The number of fused-ring (bicyclic) bond motifs is 4. The minimum absolute atomic E-state index is 0.0403. The summed E-state index contributed by atoms with van der Waals surface area (Å²) in [6, 6.07) is 19.7. The van der Waals surface area contributed by atoms with Gasteiger partial charge in [0, 0.05) is 61.0 Å². The van der Waals surface area contributed by atoms with Crippen LogP contribution >= 0.6 is 0 Å². The Hall–Kier alpha value is -4.79. The van der Waals surface area contributed by atoms with Crippen molar-refractivity contribution in [1.82, 2.24) is 14.5 Å². The van der Waals surface area contributed by atoms with Gasteiger partial charge in [0.2, 0.25) is 0 Å². The Morgan fingerprint density at radius 1 is 0.897 bits per heavy atom. The molecule has 2 N–H and O–H groups in total. The van der Waals surface area contributed by atoms with Gasteiger partial charge in [0.05, 0.1) is 16.9 Å². The zero-order valence-electron chi connectivity index (χ0n) is 21.5. The number of amides is 2. The first kappa shape index (κ1) is 24.5. The summed E-state index contributed by atoms with van der Waals surface area (Å²) in [6.45, 7) is 3.98. The summed E-state index contributed by atoms with van der Waals surface area (Å²) in [5, 5.41) is 5.86. The van der Waals surface area contributed by atoms with Gasteiger partial charge in [-0.1, -0.05) is 12.1 Å². The summed E-state index contributed by atoms with van der Waals surface area (Å²) in [7, 11) is 0. The summed E-state index contributed by atoms with van der Waals surface area (Å²) >= 11 is 0. The summed E-state index contributed by atoms with van der Waals surface area (Å²) < 4.78 is 1.90. The van der Waals surface area contributed by atoms with Crippen molar-refractivity contribution in [3.05, 3.63) is 112 Å². The van der Waals surface area contributed by atoms with E-state index in [-0.39, 0.29) is 23.3 Å². The molecule has 196 valence electrons. The fraction of sp³-hybridized carbons (Fsp3) is 0.233. The van der Waals surface area contributed by atoms with Crippen molar-refractivity contribution in [2.45, 2.75) is 25.8 Å². The van der Waals surface area contributed by atoms with Crippen molar-refractivity contribution in [1.29, 1.82) is 0 Å². The lowest BCUT2D eigenvalue weighted by Gasteiger charge is -2.44. The molecule has 6 rings (SSSR count). The average Bonchev–Trinajstić information content (AvgIpc) is 2.94. The average molecular weight is 521 g/mol. The minimum atomic E-state index is -0.319. The van der Waals surface area contributed by atoms with Crippen LogP contribution in [0.25, 0.3) is 0 Å². The number of benzene rings is 1. The van der Waals surface area contributed by atoms with Crippen LogP contribution in [-0.4, -0.2) is 39.4 Å². The summed E-state index contributed by atoms with van der Waals surface area (Å²) in [4.78, 5) is 49.4. The van der Waals surface area contributed by atoms with Crippen molar-refractivity contribution in [2.75, 3.05) is 28.6 Å². The minimum Gasteiger partial charge on any atom is -0.369 e. The first-order chi connectivity index (χ1) is 18.9. The maximum absolute atomic E-state index is 13.1. The van der Waals surface area contributed by atoms with Crippen LogP contribution in [-0.2, 0) is 6.54 Å². The Balaban J connectivity index is 1.33. The zero-order valence-corrected chi connectivity index (χ0v) is 21.5. The van der Waals surface area contributed by atoms with E-state index in [0.717, 1.165) is 30.0 Å². The molecule has 0 spiro atoms.